The van der Waals surface area contributed by atoms with E-state index < -0.39 is 11.8 Å². The molecular weight excluding hydrogens is 327 g/mol. The van der Waals surface area contributed by atoms with Gasteiger partial charge in [-0.3, -0.25) is 0 Å². The summed E-state index contributed by atoms with van der Waals surface area (Å²) in [6, 6.07) is 7.62. The monoisotopic (exact) mass is 338 g/mol. The van der Waals surface area contributed by atoms with Gasteiger partial charge < -0.3 is 16.2 Å². The molecule has 20 heavy (non-hydrogen) atoms. The molecule has 0 fully saturated rings. The number of nitrogen functional groups attached to an aromatic ring is 1. The van der Waals surface area contributed by atoms with Crippen LogP contribution in [0.1, 0.15) is 15.9 Å². The molecule has 4 nitrogen and oxygen atoms in total. The number of benzene rings is 2. The third-order valence-electron chi connectivity index (χ3n) is 2.91. The molecule has 0 aliphatic heterocycles. The summed E-state index contributed by atoms with van der Waals surface area (Å²) in [4.78, 5) is 11.0. The van der Waals surface area contributed by atoms with Crippen molar-refractivity contribution < 1.29 is 14.3 Å². The van der Waals surface area contributed by atoms with Crippen molar-refractivity contribution in [3.63, 3.8) is 0 Å². The molecule has 0 saturated carbocycles. The predicted octanol–water partition coefficient (Wildman–Crippen LogP) is 3.92. The molecule has 0 heterocycles. The summed E-state index contributed by atoms with van der Waals surface area (Å²) in [6.45, 7) is 1.86. The zero-order valence-electron chi connectivity index (χ0n) is 10.6. The van der Waals surface area contributed by atoms with Gasteiger partial charge in [0.15, 0.2) is 0 Å². The highest BCUT2D eigenvalue weighted by Gasteiger charge is 2.14. The first-order valence-corrected chi connectivity index (χ1v) is 6.54. The molecule has 0 amide bonds. The molecule has 2 rings (SSSR count). The topological polar surface area (TPSA) is 75.3 Å². The molecule has 0 aromatic heterocycles. The van der Waals surface area contributed by atoms with Gasteiger partial charge in [-0.25, -0.2) is 9.18 Å². The Morgan fingerprint density at radius 1 is 1.35 bits per heavy atom. The molecule has 0 radical (unpaired) electrons. The molecule has 0 spiro atoms. The van der Waals surface area contributed by atoms with Crippen LogP contribution in [0.5, 0.6) is 0 Å². The molecule has 0 bridgehead atoms. The third-order valence-corrected chi connectivity index (χ3v) is 3.77. The smallest absolute Gasteiger partial charge is 0.337 e. The molecule has 104 valence electrons. The van der Waals surface area contributed by atoms with Crippen molar-refractivity contribution in [2.75, 3.05) is 11.1 Å². The van der Waals surface area contributed by atoms with Gasteiger partial charge in [0.05, 0.1) is 11.3 Å². The number of hydrogen-bond acceptors (Lipinski definition) is 3. The number of nitrogens with one attached hydrogen (secondary N) is 1. The number of aromatic carboxylic acids is 1. The first kappa shape index (κ1) is 14.3. The second kappa shape index (κ2) is 5.50. The zero-order chi connectivity index (χ0) is 14.9. The lowest BCUT2D eigenvalue weighted by atomic mass is 10.1. The van der Waals surface area contributed by atoms with E-state index in [0.29, 0.717) is 5.69 Å². The SMILES string of the molecule is Cc1c(Br)cccc1Nc1cc(C(=O)O)c(N)cc1F. The van der Waals surface area contributed by atoms with Gasteiger partial charge in [-0.15, -0.1) is 0 Å². The molecule has 4 N–H and O–H groups in total. The Labute approximate surface area is 123 Å². The first-order valence-electron chi connectivity index (χ1n) is 5.74. The number of carbonyl (C=O) groups is 1. The number of anilines is 3. The Morgan fingerprint density at radius 3 is 2.70 bits per heavy atom. The fourth-order valence-electron chi connectivity index (χ4n) is 1.76. The lowest BCUT2D eigenvalue weighted by Crippen LogP contribution is -2.05. The summed E-state index contributed by atoms with van der Waals surface area (Å²) in [5.74, 6) is -1.80. The van der Waals surface area contributed by atoms with Crippen LogP contribution >= 0.6 is 15.9 Å². The maximum Gasteiger partial charge on any atom is 0.337 e. The maximum absolute atomic E-state index is 13.9. The molecule has 0 aliphatic carbocycles. The van der Waals surface area contributed by atoms with Gasteiger partial charge >= 0.3 is 5.97 Å². The number of nitrogens with two attached hydrogens (primary N) is 1. The van der Waals surface area contributed by atoms with Crippen molar-refractivity contribution in [1.82, 2.24) is 0 Å². The summed E-state index contributed by atoms with van der Waals surface area (Å²) in [7, 11) is 0. The van der Waals surface area contributed by atoms with Gasteiger partial charge in [-0.1, -0.05) is 22.0 Å². The minimum Gasteiger partial charge on any atom is -0.478 e. The van der Waals surface area contributed by atoms with E-state index in [2.05, 4.69) is 21.2 Å². The van der Waals surface area contributed by atoms with Crippen LogP contribution in [-0.4, -0.2) is 11.1 Å². The second-order valence-electron chi connectivity index (χ2n) is 4.26. The Bertz CT molecular complexity index is 689. The van der Waals surface area contributed by atoms with Crippen molar-refractivity contribution >= 4 is 39.0 Å². The predicted molar refractivity (Wildman–Crippen MR) is 79.9 cm³/mol. The molecule has 0 unspecified atom stereocenters. The largest absolute Gasteiger partial charge is 0.478 e. The Kier molecular flexibility index (Phi) is 3.94. The Hall–Kier alpha value is -2.08. The van der Waals surface area contributed by atoms with Gasteiger partial charge in [0.2, 0.25) is 0 Å². The Morgan fingerprint density at radius 2 is 2.05 bits per heavy atom. The summed E-state index contributed by atoms with van der Waals surface area (Å²) in [5, 5.41) is 11.9. The molecule has 0 atom stereocenters. The van der Waals surface area contributed by atoms with E-state index in [9.17, 15) is 9.18 Å². The normalized spacial score (nSPS) is 10.3. The first-order chi connectivity index (χ1) is 9.40. The number of carboxylic acids is 1. The average molecular weight is 339 g/mol. The van der Waals surface area contributed by atoms with E-state index >= 15 is 0 Å². The minimum atomic E-state index is -1.20. The molecule has 6 heteroatoms. The van der Waals surface area contributed by atoms with Crippen LogP contribution in [0.15, 0.2) is 34.8 Å². The van der Waals surface area contributed by atoms with Gasteiger partial charge in [-0.2, -0.15) is 0 Å². The van der Waals surface area contributed by atoms with Crippen molar-refractivity contribution in [3.05, 3.63) is 51.7 Å². The molecule has 0 aliphatic rings. The summed E-state index contributed by atoms with van der Waals surface area (Å²) < 4.78 is 14.7. The summed E-state index contributed by atoms with van der Waals surface area (Å²) in [6.07, 6.45) is 0. The number of halogens is 2. The van der Waals surface area contributed by atoms with Crippen LogP contribution < -0.4 is 11.1 Å². The molecule has 2 aromatic carbocycles. The lowest BCUT2D eigenvalue weighted by Gasteiger charge is -2.13. The van der Waals surface area contributed by atoms with Crippen LogP contribution in [0.2, 0.25) is 0 Å². The van der Waals surface area contributed by atoms with E-state index in [4.69, 9.17) is 10.8 Å². The van der Waals surface area contributed by atoms with Crippen LogP contribution in [0.3, 0.4) is 0 Å². The highest BCUT2D eigenvalue weighted by atomic mass is 79.9. The van der Waals surface area contributed by atoms with Crippen LogP contribution in [0.25, 0.3) is 0 Å². The maximum atomic E-state index is 13.9. The number of carboxylic acid groups (broad SMARTS) is 1. The van der Waals surface area contributed by atoms with Gasteiger partial charge in [-0.05, 0) is 36.8 Å². The zero-order valence-corrected chi connectivity index (χ0v) is 12.2. The fourth-order valence-corrected chi connectivity index (χ4v) is 2.12. The van der Waals surface area contributed by atoms with Crippen LogP contribution in [0, 0.1) is 12.7 Å². The van der Waals surface area contributed by atoms with Crippen molar-refractivity contribution in [1.29, 1.82) is 0 Å². The molecule has 2 aromatic rings. The van der Waals surface area contributed by atoms with Crippen molar-refractivity contribution in [2.24, 2.45) is 0 Å². The fraction of sp³-hybridized carbons (Fsp3) is 0.0714. The number of hydrogen-bond donors (Lipinski definition) is 3. The summed E-state index contributed by atoms with van der Waals surface area (Å²) in [5.41, 5.74) is 6.88. The minimum absolute atomic E-state index is 0.0674. The van der Waals surface area contributed by atoms with Crippen LogP contribution in [0.4, 0.5) is 21.5 Å². The second-order valence-corrected chi connectivity index (χ2v) is 5.12. The molecular formula is C14H12BrFN2O2. The number of rotatable bonds is 3. The summed E-state index contributed by atoms with van der Waals surface area (Å²) >= 11 is 3.38. The highest BCUT2D eigenvalue weighted by molar-refractivity contribution is 9.10. The lowest BCUT2D eigenvalue weighted by molar-refractivity contribution is 0.0698. The average Bonchev–Trinajstić information content (AvgIpc) is 2.37. The van der Waals surface area contributed by atoms with Gasteiger partial charge in [0, 0.05) is 15.8 Å². The van der Waals surface area contributed by atoms with Gasteiger partial charge in [0.1, 0.15) is 5.82 Å². The Balaban J connectivity index is 2.46. The highest BCUT2D eigenvalue weighted by Crippen LogP contribution is 2.29. The molecule has 0 saturated heterocycles. The standard InChI is InChI=1S/C14H12BrFN2O2/c1-7-9(15)3-2-4-12(7)18-13-5-8(14(19)20)11(17)6-10(13)16/h2-6,18H,17H2,1H3,(H,19,20). The van der Waals surface area contributed by atoms with E-state index in [1.165, 1.54) is 6.07 Å². The quantitative estimate of drug-likeness (QED) is 0.741. The van der Waals surface area contributed by atoms with E-state index in [1.807, 2.05) is 13.0 Å². The van der Waals surface area contributed by atoms with E-state index in [1.54, 1.807) is 12.1 Å². The van der Waals surface area contributed by atoms with Crippen LogP contribution in [-0.2, 0) is 0 Å². The third kappa shape index (κ3) is 2.75. The van der Waals surface area contributed by atoms with E-state index in [0.717, 1.165) is 16.1 Å². The van der Waals surface area contributed by atoms with Crippen molar-refractivity contribution in [3.8, 4) is 0 Å². The van der Waals surface area contributed by atoms with Gasteiger partial charge in [0.25, 0.3) is 0 Å². The van der Waals surface area contributed by atoms with E-state index in [-0.39, 0.29) is 16.9 Å². The van der Waals surface area contributed by atoms with Crippen molar-refractivity contribution in [2.45, 2.75) is 6.92 Å².